The topological polar surface area (TPSA) is 26.3 Å². The fourth-order valence-corrected chi connectivity index (χ4v) is 4.57. The van der Waals surface area contributed by atoms with Gasteiger partial charge in [0.05, 0.1) is 12.2 Å². The number of aryl methyl sites for hydroxylation is 1. The summed E-state index contributed by atoms with van der Waals surface area (Å²) in [5, 5.41) is 0. The molecule has 0 aliphatic heterocycles. The first-order chi connectivity index (χ1) is 14.1. The molecule has 0 aromatic heterocycles. The van der Waals surface area contributed by atoms with Crippen LogP contribution < -0.4 is 0 Å². The second kappa shape index (κ2) is 8.41. The number of benzene rings is 2. The van der Waals surface area contributed by atoms with Gasteiger partial charge >= 0.3 is 5.97 Å². The highest BCUT2D eigenvalue weighted by Crippen LogP contribution is 2.47. The summed E-state index contributed by atoms with van der Waals surface area (Å²) in [5.41, 5.74) is 9.16. The normalized spacial score (nSPS) is 17.4. The largest absolute Gasteiger partial charge is 0.462 e. The Kier molecular flexibility index (Phi) is 6.26. The molecule has 160 valence electrons. The minimum Gasteiger partial charge on any atom is -0.462 e. The highest BCUT2D eigenvalue weighted by Gasteiger charge is 2.37. The molecule has 1 aliphatic rings. The number of esters is 1. The van der Waals surface area contributed by atoms with Crippen molar-refractivity contribution in [3.05, 3.63) is 69.8 Å². The first-order valence-electron chi connectivity index (χ1n) is 11.2. The molecule has 0 spiro atoms. The van der Waals surface area contributed by atoms with Crippen LogP contribution in [0.25, 0.3) is 11.6 Å². The molecular formula is C28H36O2. The number of rotatable bonds is 5. The highest BCUT2D eigenvalue weighted by atomic mass is 16.5. The third-order valence-electron chi connectivity index (χ3n) is 6.69. The van der Waals surface area contributed by atoms with E-state index in [0.29, 0.717) is 12.2 Å². The summed E-state index contributed by atoms with van der Waals surface area (Å²) in [6.07, 6.45) is 5.67. The van der Waals surface area contributed by atoms with Crippen LogP contribution in [0.15, 0.2) is 36.4 Å². The van der Waals surface area contributed by atoms with E-state index >= 15 is 0 Å². The Hall–Kier alpha value is -2.35. The lowest BCUT2D eigenvalue weighted by molar-refractivity contribution is 0.0526. The molecule has 1 aliphatic carbocycles. The van der Waals surface area contributed by atoms with E-state index in [1.807, 2.05) is 31.2 Å². The van der Waals surface area contributed by atoms with Gasteiger partial charge in [0.2, 0.25) is 0 Å². The second-order valence-corrected chi connectivity index (χ2v) is 9.85. The molecular weight excluding hydrogens is 368 g/mol. The lowest BCUT2D eigenvalue weighted by atomic mass is 9.62. The maximum absolute atomic E-state index is 11.9. The van der Waals surface area contributed by atoms with E-state index in [1.54, 1.807) is 0 Å². The quantitative estimate of drug-likeness (QED) is 0.381. The van der Waals surface area contributed by atoms with E-state index in [2.05, 4.69) is 59.8 Å². The molecule has 0 saturated heterocycles. The molecule has 2 aromatic rings. The Morgan fingerprint density at radius 2 is 1.53 bits per heavy atom. The number of fused-ring (bicyclic) bond motifs is 1. The van der Waals surface area contributed by atoms with Crippen molar-refractivity contribution in [2.24, 2.45) is 0 Å². The van der Waals surface area contributed by atoms with E-state index in [9.17, 15) is 4.79 Å². The Labute approximate surface area is 182 Å². The van der Waals surface area contributed by atoms with Crippen molar-refractivity contribution in [2.45, 2.75) is 78.6 Å². The molecule has 30 heavy (non-hydrogen) atoms. The molecule has 3 rings (SSSR count). The smallest absolute Gasteiger partial charge is 0.338 e. The zero-order chi connectivity index (χ0) is 22.1. The Bertz CT molecular complexity index is 959. The predicted molar refractivity (Wildman–Crippen MR) is 127 cm³/mol. The summed E-state index contributed by atoms with van der Waals surface area (Å²) >= 11 is 0. The summed E-state index contributed by atoms with van der Waals surface area (Å²) < 4.78 is 5.09. The zero-order valence-electron chi connectivity index (χ0n) is 19.7. The second-order valence-electron chi connectivity index (χ2n) is 9.85. The fourth-order valence-electron chi connectivity index (χ4n) is 4.57. The van der Waals surface area contributed by atoms with Gasteiger partial charge < -0.3 is 4.74 Å². The third kappa shape index (κ3) is 4.38. The van der Waals surface area contributed by atoms with Gasteiger partial charge in [0.15, 0.2) is 0 Å². The molecule has 0 bridgehead atoms. The van der Waals surface area contributed by atoms with Gasteiger partial charge in [-0.25, -0.2) is 4.79 Å². The van der Waals surface area contributed by atoms with Crippen molar-refractivity contribution in [1.82, 2.24) is 0 Å². The molecule has 2 aromatic carbocycles. The third-order valence-corrected chi connectivity index (χ3v) is 6.69. The maximum Gasteiger partial charge on any atom is 0.338 e. The van der Waals surface area contributed by atoms with Gasteiger partial charge in [-0.1, -0.05) is 65.0 Å². The van der Waals surface area contributed by atoms with E-state index in [4.69, 9.17) is 4.74 Å². The van der Waals surface area contributed by atoms with E-state index in [-0.39, 0.29) is 16.8 Å². The van der Waals surface area contributed by atoms with Crippen LogP contribution in [-0.4, -0.2) is 12.6 Å². The van der Waals surface area contributed by atoms with Crippen molar-refractivity contribution in [3.8, 4) is 0 Å². The predicted octanol–water partition coefficient (Wildman–Crippen LogP) is 7.47. The van der Waals surface area contributed by atoms with Gasteiger partial charge in [0, 0.05) is 0 Å². The van der Waals surface area contributed by atoms with Gasteiger partial charge in [0.25, 0.3) is 0 Å². The van der Waals surface area contributed by atoms with Crippen molar-refractivity contribution >= 4 is 17.6 Å². The molecule has 0 amide bonds. The molecule has 0 N–H and O–H groups in total. The van der Waals surface area contributed by atoms with Crippen molar-refractivity contribution in [1.29, 1.82) is 0 Å². The van der Waals surface area contributed by atoms with Gasteiger partial charge in [-0.15, -0.1) is 0 Å². The molecule has 0 saturated carbocycles. The molecule has 0 unspecified atom stereocenters. The van der Waals surface area contributed by atoms with Crippen LogP contribution >= 0.6 is 0 Å². The fraction of sp³-hybridized carbons (Fsp3) is 0.464. The van der Waals surface area contributed by atoms with Crippen LogP contribution in [-0.2, 0) is 15.6 Å². The maximum atomic E-state index is 11.9. The number of carbonyl (C=O) groups excluding carboxylic acids is 1. The monoisotopic (exact) mass is 404 g/mol. The summed E-state index contributed by atoms with van der Waals surface area (Å²) in [6, 6.07) is 12.6. The molecule has 2 nitrogen and oxygen atoms in total. The first kappa shape index (κ1) is 22.3. The minimum absolute atomic E-state index is 0.202. The SMILES string of the molecule is CCOC(=O)c1ccc(/C=C(\CC)c2cc3c(cc2C)C(C)(C)CCC3(C)C)cc1. The van der Waals surface area contributed by atoms with Crippen molar-refractivity contribution < 1.29 is 9.53 Å². The average Bonchev–Trinajstić information content (AvgIpc) is 2.70. The van der Waals surface area contributed by atoms with Crippen LogP contribution in [0.3, 0.4) is 0 Å². The highest BCUT2D eigenvalue weighted by molar-refractivity contribution is 5.90. The van der Waals surface area contributed by atoms with Crippen LogP contribution in [0.1, 0.15) is 99.0 Å². The van der Waals surface area contributed by atoms with Gasteiger partial charge in [-0.2, -0.15) is 0 Å². The number of hydrogen-bond donors (Lipinski definition) is 0. The number of hydrogen-bond acceptors (Lipinski definition) is 2. The summed E-state index contributed by atoms with van der Waals surface area (Å²) in [4.78, 5) is 11.9. The van der Waals surface area contributed by atoms with Crippen LogP contribution in [0.2, 0.25) is 0 Å². The standard InChI is InChI=1S/C28H36O2/c1-8-21(17-20-10-12-22(13-11-20)26(29)30-9-2)23-18-25-24(16-19(23)3)27(4,5)14-15-28(25,6)7/h10-13,16-18H,8-9,14-15H2,1-7H3/b21-17+. The zero-order valence-corrected chi connectivity index (χ0v) is 19.7. The lowest BCUT2D eigenvalue weighted by Gasteiger charge is -2.42. The Morgan fingerprint density at radius 3 is 2.07 bits per heavy atom. The Balaban J connectivity index is 2.02. The molecule has 2 heteroatoms. The lowest BCUT2D eigenvalue weighted by Crippen LogP contribution is -2.34. The minimum atomic E-state index is -0.265. The van der Waals surface area contributed by atoms with E-state index in [1.165, 1.54) is 40.7 Å². The molecule has 0 radical (unpaired) electrons. The van der Waals surface area contributed by atoms with Crippen molar-refractivity contribution in [2.75, 3.05) is 6.61 Å². The molecule has 0 fully saturated rings. The van der Waals surface area contributed by atoms with E-state index in [0.717, 1.165) is 12.0 Å². The van der Waals surface area contributed by atoms with Crippen LogP contribution in [0, 0.1) is 6.92 Å². The number of allylic oxidation sites excluding steroid dienone is 1. The molecule has 0 heterocycles. The van der Waals surface area contributed by atoms with Crippen LogP contribution in [0.5, 0.6) is 0 Å². The van der Waals surface area contributed by atoms with Gasteiger partial charge in [0.1, 0.15) is 0 Å². The average molecular weight is 405 g/mol. The number of ether oxygens (including phenoxy) is 1. The van der Waals surface area contributed by atoms with Crippen LogP contribution in [0.4, 0.5) is 0 Å². The van der Waals surface area contributed by atoms with Gasteiger partial charge in [-0.3, -0.25) is 0 Å². The Morgan fingerprint density at radius 1 is 0.967 bits per heavy atom. The summed E-state index contributed by atoms with van der Waals surface area (Å²) in [6.45, 7) is 16.2. The number of carbonyl (C=O) groups is 1. The van der Waals surface area contributed by atoms with Gasteiger partial charge in [-0.05, 0) is 89.5 Å². The molecule has 0 atom stereocenters. The summed E-state index contributed by atoms with van der Waals surface area (Å²) in [7, 11) is 0. The summed E-state index contributed by atoms with van der Waals surface area (Å²) in [5.74, 6) is -0.265. The van der Waals surface area contributed by atoms with Crippen molar-refractivity contribution in [3.63, 3.8) is 0 Å². The van der Waals surface area contributed by atoms with E-state index < -0.39 is 0 Å². The first-order valence-corrected chi connectivity index (χ1v) is 11.2.